The average Bonchev–Trinajstić information content (AvgIpc) is 2.84. The molecule has 1 N–H and O–H groups in total. The molecule has 4 rings (SSSR count). The van der Waals surface area contributed by atoms with Crippen molar-refractivity contribution in [3.05, 3.63) is 54.1 Å². The van der Waals surface area contributed by atoms with Gasteiger partial charge in [-0.1, -0.05) is 36.8 Å². The Morgan fingerprint density at radius 2 is 1.82 bits per heavy atom. The Morgan fingerprint density at radius 3 is 2.53 bits per heavy atom. The van der Waals surface area contributed by atoms with Crippen LogP contribution < -0.4 is 10.1 Å². The summed E-state index contributed by atoms with van der Waals surface area (Å²) < 4.78 is 39.4. The lowest BCUT2D eigenvalue weighted by Gasteiger charge is -2.36. The van der Waals surface area contributed by atoms with Crippen LogP contribution in [0.2, 0.25) is 0 Å². The topological polar surface area (TPSA) is 88.2 Å². The number of carbonyl (C=O) groups is 1. The summed E-state index contributed by atoms with van der Waals surface area (Å²) in [4.78, 5) is 15.0. The number of morpholine rings is 1. The summed E-state index contributed by atoms with van der Waals surface area (Å²) in [6, 6.07) is 14.7. The molecule has 2 aliphatic heterocycles. The smallest absolute Gasteiger partial charge is 0.246 e. The molecule has 9 heteroatoms. The van der Waals surface area contributed by atoms with Gasteiger partial charge in [-0.05, 0) is 43.5 Å². The molecule has 2 heterocycles. The van der Waals surface area contributed by atoms with Crippen LogP contribution in [0.4, 0.5) is 5.69 Å². The number of rotatable bonds is 7. The van der Waals surface area contributed by atoms with Gasteiger partial charge >= 0.3 is 0 Å². The summed E-state index contributed by atoms with van der Waals surface area (Å²) in [6.45, 7) is 4.45. The van der Waals surface area contributed by atoms with Crippen LogP contribution in [0.25, 0.3) is 0 Å². The van der Waals surface area contributed by atoms with Crippen molar-refractivity contribution in [2.45, 2.75) is 43.3 Å². The first kappa shape index (κ1) is 24.7. The van der Waals surface area contributed by atoms with Crippen molar-refractivity contribution in [1.29, 1.82) is 0 Å². The fourth-order valence-electron chi connectivity index (χ4n) is 4.62. The fourth-order valence-corrected chi connectivity index (χ4v) is 6.32. The quantitative estimate of drug-likeness (QED) is 0.645. The van der Waals surface area contributed by atoms with E-state index in [1.54, 1.807) is 12.1 Å². The van der Waals surface area contributed by atoms with Crippen molar-refractivity contribution in [1.82, 2.24) is 9.21 Å². The molecule has 2 saturated heterocycles. The Labute approximate surface area is 201 Å². The Bertz CT molecular complexity index is 1090. The van der Waals surface area contributed by atoms with Crippen LogP contribution in [-0.2, 0) is 19.6 Å². The van der Waals surface area contributed by atoms with Crippen molar-refractivity contribution in [2.75, 3.05) is 45.2 Å². The molecule has 0 aromatic heterocycles. The number of sulfonamides is 1. The van der Waals surface area contributed by atoms with Gasteiger partial charge in [-0.15, -0.1) is 0 Å². The molecule has 0 spiro atoms. The number of carbonyl (C=O) groups excluding carboxylic acids is 1. The highest BCUT2D eigenvalue weighted by Gasteiger charge is 2.30. The predicted octanol–water partition coefficient (Wildman–Crippen LogP) is 3.27. The van der Waals surface area contributed by atoms with Gasteiger partial charge in [0, 0.05) is 31.9 Å². The molecule has 1 amide bonds. The molecule has 2 atom stereocenters. The van der Waals surface area contributed by atoms with Gasteiger partial charge in [0.25, 0.3) is 0 Å². The highest BCUT2D eigenvalue weighted by atomic mass is 32.2. The highest BCUT2D eigenvalue weighted by Crippen LogP contribution is 2.31. The zero-order valence-electron chi connectivity index (χ0n) is 19.8. The summed E-state index contributed by atoms with van der Waals surface area (Å²) in [7, 11) is -2.26. The summed E-state index contributed by atoms with van der Waals surface area (Å²) in [5.41, 5.74) is 1.52. The normalized spacial score (nSPS) is 22.3. The molecule has 0 aliphatic carbocycles. The van der Waals surface area contributed by atoms with Crippen molar-refractivity contribution in [3.8, 4) is 5.75 Å². The van der Waals surface area contributed by atoms with Crippen molar-refractivity contribution < 1.29 is 22.7 Å². The second-order valence-corrected chi connectivity index (χ2v) is 10.8. The van der Waals surface area contributed by atoms with Gasteiger partial charge in [-0.3, -0.25) is 9.69 Å². The van der Waals surface area contributed by atoms with Crippen LogP contribution in [0.15, 0.2) is 53.4 Å². The zero-order chi connectivity index (χ0) is 24.1. The number of hydrogen-bond donors (Lipinski definition) is 1. The molecule has 0 bridgehead atoms. The van der Waals surface area contributed by atoms with E-state index in [-0.39, 0.29) is 35.3 Å². The van der Waals surface area contributed by atoms with Gasteiger partial charge in [0.05, 0.1) is 25.9 Å². The molecule has 34 heavy (non-hydrogen) atoms. The lowest BCUT2D eigenvalue weighted by atomic mass is 10.1. The van der Waals surface area contributed by atoms with Gasteiger partial charge in [0.1, 0.15) is 10.6 Å². The van der Waals surface area contributed by atoms with Crippen LogP contribution in [-0.4, -0.2) is 69.5 Å². The number of anilines is 1. The molecule has 8 nitrogen and oxygen atoms in total. The van der Waals surface area contributed by atoms with Crippen molar-refractivity contribution >= 4 is 21.6 Å². The van der Waals surface area contributed by atoms with E-state index in [0.29, 0.717) is 31.9 Å². The SMILES string of the molecule is COc1ccc(NC(=O)CN2CC(C)OC(c3ccccc3)C2)cc1S(=O)(=O)N1CCCCC1. The largest absolute Gasteiger partial charge is 0.495 e. The molecule has 2 fully saturated rings. The van der Waals surface area contributed by atoms with Gasteiger partial charge in [0.2, 0.25) is 15.9 Å². The molecule has 2 aliphatic rings. The maximum absolute atomic E-state index is 13.2. The first-order valence-electron chi connectivity index (χ1n) is 11.8. The molecular weight excluding hydrogens is 454 g/mol. The van der Waals surface area contributed by atoms with E-state index in [1.165, 1.54) is 17.5 Å². The number of benzene rings is 2. The fraction of sp³-hybridized carbons (Fsp3) is 0.480. The molecule has 2 aromatic rings. The average molecular weight is 488 g/mol. The Balaban J connectivity index is 1.45. The minimum Gasteiger partial charge on any atom is -0.495 e. The second kappa shape index (κ2) is 10.9. The number of nitrogens with one attached hydrogen (secondary N) is 1. The summed E-state index contributed by atoms with van der Waals surface area (Å²) in [5, 5.41) is 2.87. The predicted molar refractivity (Wildman–Crippen MR) is 130 cm³/mol. The van der Waals surface area contributed by atoms with E-state index >= 15 is 0 Å². The van der Waals surface area contributed by atoms with E-state index < -0.39 is 10.0 Å². The van der Waals surface area contributed by atoms with Crippen LogP contribution in [0.3, 0.4) is 0 Å². The maximum atomic E-state index is 13.2. The minimum absolute atomic E-state index is 0.00553. The van der Waals surface area contributed by atoms with Crippen LogP contribution in [0.1, 0.15) is 37.9 Å². The third kappa shape index (κ3) is 5.78. The highest BCUT2D eigenvalue weighted by molar-refractivity contribution is 7.89. The second-order valence-electron chi connectivity index (χ2n) is 8.92. The Hall–Kier alpha value is -2.46. The zero-order valence-corrected chi connectivity index (χ0v) is 20.6. The molecule has 2 aromatic carbocycles. The van der Waals surface area contributed by atoms with Crippen LogP contribution in [0.5, 0.6) is 5.75 Å². The monoisotopic (exact) mass is 487 g/mol. The van der Waals surface area contributed by atoms with Crippen LogP contribution >= 0.6 is 0 Å². The van der Waals surface area contributed by atoms with Gasteiger partial charge < -0.3 is 14.8 Å². The minimum atomic E-state index is -3.71. The number of hydrogen-bond acceptors (Lipinski definition) is 6. The number of piperidine rings is 1. The van der Waals surface area contributed by atoms with E-state index in [2.05, 4.69) is 10.2 Å². The van der Waals surface area contributed by atoms with E-state index in [1.807, 2.05) is 37.3 Å². The van der Waals surface area contributed by atoms with Crippen LogP contribution in [0, 0.1) is 0 Å². The molecular formula is C25H33N3O5S. The maximum Gasteiger partial charge on any atom is 0.246 e. The third-order valence-corrected chi connectivity index (χ3v) is 8.17. The number of amides is 1. The van der Waals surface area contributed by atoms with Crippen molar-refractivity contribution in [3.63, 3.8) is 0 Å². The summed E-state index contributed by atoms with van der Waals surface area (Å²) in [5.74, 6) is 0.0729. The molecule has 0 radical (unpaired) electrons. The molecule has 184 valence electrons. The van der Waals surface area contributed by atoms with Crippen molar-refractivity contribution in [2.24, 2.45) is 0 Å². The summed E-state index contributed by atoms with van der Waals surface area (Å²) in [6.07, 6.45) is 2.62. The van der Waals surface area contributed by atoms with Gasteiger partial charge in [0.15, 0.2) is 0 Å². The number of methoxy groups -OCH3 is 1. The third-order valence-electron chi connectivity index (χ3n) is 6.25. The summed E-state index contributed by atoms with van der Waals surface area (Å²) >= 11 is 0. The first-order valence-corrected chi connectivity index (χ1v) is 13.2. The van der Waals surface area contributed by atoms with Gasteiger partial charge in [-0.2, -0.15) is 4.31 Å². The first-order chi connectivity index (χ1) is 16.4. The van der Waals surface area contributed by atoms with Gasteiger partial charge in [-0.25, -0.2) is 8.42 Å². The lowest BCUT2D eigenvalue weighted by molar-refractivity contribution is -0.122. The Morgan fingerprint density at radius 1 is 1.09 bits per heavy atom. The van der Waals surface area contributed by atoms with E-state index in [4.69, 9.17) is 9.47 Å². The van der Waals surface area contributed by atoms with E-state index in [9.17, 15) is 13.2 Å². The Kier molecular flexibility index (Phi) is 7.88. The number of nitrogens with zero attached hydrogens (tertiary/aromatic N) is 2. The number of ether oxygens (including phenoxy) is 2. The van der Waals surface area contributed by atoms with E-state index in [0.717, 1.165) is 24.8 Å². The molecule has 0 saturated carbocycles. The molecule has 2 unspecified atom stereocenters. The standard InChI is InChI=1S/C25H33N3O5S/c1-19-16-27(17-23(33-19)20-9-5-3-6-10-20)18-25(29)26-21-11-12-22(32-2)24(15-21)34(30,31)28-13-7-4-8-14-28/h3,5-6,9-12,15,19,23H,4,7-8,13-14,16-18H2,1-2H3,(H,26,29). The lowest BCUT2D eigenvalue weighted by Crippen LogP contribution is -2.46.